The summed E-state index contributed by atoms with van der Waals surface area (Å²) in [5.41, 5.74) is 6.30. The fourth-order valence-electron chi connectivity index (χ4n) is 5.03. The normalized spacial score (nSPS) is 21.2. The second-order valence-electron chi connectivity index (χ2n) is 9.00. The number of aromatic hydroxyl groups is 1. The molecule has 2 unspecified atom stereocenters. The lowest BCUT2D eigenvalue weighted by Gasteiger charge is -2.39. The summed E-state index contributed by atoms with van der Waals surface area (Å²) in [5, 5.41) is 20.7. The first kappa shape index (κ1) is 22.8. The fourth-order valence-corrected chi connectivity index (χ4v) is 5.03. The Balaban J connectivity index is 1.46. The summed E-state index contributed by atoms with van der Waals surface area (Å²) in [6, 6.07) is 31.9. The van der Waals surface area contributed by atoms with E-state index < -0.39 is 5.91 Å². The van der Waals surface area contributed by atoms with Crippen molar-refractivity contribution >= 4 is 22.4 Å². The molecule has 1 amide bonds. The highest BCUT2D eigenvalue weighted by Crippen LogP contribution is 2.37. The lowest BCUT2D eigenvalue weighted by Crippen LogP contribution is -2.43. The van der Waals surface area contributed by atoms with Crippen molar-refractivity contribution in [2.24, 2.45) is 11.0 Å². The van der Waals surface area contributed by atoms with Crippen molar-refractivity contribution in [3.8, 4) is 5.75 Å². The third-order valence-corrected chi connectivity index (χ3v) is 6.83. The number of rotatable bonds is 5. The van der Waals surface area contributed by atoms with E-state index in [0.717, 1.165) is 22.9 Å². The smallest absolute Gasteiger partial charge is 0.275 e. The third kappa shape index (κ3) is 4.81. The van der Waals surface area contributed by atoms with E-state index in [1.807, 2.05) is 48.5 Å². The summed E-state index contributed by atoms with van der Waals surface area (Å²) in [6.07, 6.45) is 1.57. The van der Waals surface area contributed by atoms with E-state index in [-0.39, 0.29) is 29.3 Å². The van der Waals surface area contributed by atoms with Crippen LogP contribution in [0.4, 0.5) is 0 Å². The minimum absolute atomic E-state index is 0.0527. The monoisotopic (exact) mass is 463 g/mol. The van der Waals surface area contributed by atoms with Crippen LogP contribution in [0.2, 0.25) is 0 Å². The Labute approximate surface area is 205 Å². The van der Waals surface area contributed by atoms with Gasteiger partial charge in [-0.3, -0.25) is 4.79 Å². The predicted molar refractivity (Wildman–Crippen MR) is 140 cm³/mol. The number of phenols is 1. The zero-order valence-corrected chi connectivity index (χ0v) is 19.7. The molecule has 0 aromatic heterocycles. The van der Waals surface area contributed by atoms with Crippen LogP contribution in [-0.2, 0) is 0 Å². The number of hydrazone groups is 1. The highest BCUT2D eigenvalue weighted by Gasteiger charge is 2.35. The number of hydrogen-bond donors (Lipinski definition) is 3. The van der Waals surface area contributed by atoms with E-state index in [2.05, 4.69) is 59.2 Å². The van der Waals surface area contributed by atoms with E-state index in [0.29, 0.717) is 6.42 Å². The Morgan fingerprint density at radius 1 is 0.914 bits per heavy atom. The molecule has 0 saturated carbocycles. The first-order valence-corrected chi connectivity index (χ1v) is 12.1. The fraction of sp³-hybridized carbons (Fsp3) is 0.200. The number of fused-ring (bicyclic) bond motifs is 1. The van der Waals surface area contributed by atoms with E-state index >= 15 is 0 Å². The molecule has 0 aliphatic carbocycles. The van der Waals surface area contributed by atoms with Crippen LogP contribution in [0.3, 0.4) is 0 Å². The van der Waals surface area contributed by atoms with Crippen molar-refractivity contribution in [1.29, 1.82) is 0 Å². The van der Waals surface area contributed by atoms with Crippen LogP contribution in [0, 0.1) is 5.92 Å². The first-order chi connectivity index (χ1) is 17.1. The summed E-state index contributed by atoms with van der Waals surface area (Å²) in [6.45, 7) is 2.15. The van der Waals surface area contributed by atoms with Crippen molar-refractivity contribution in [1.82, 2.24) is 10.7 Å². The van der Waals surface area contributed by atoms with Gasteiger partial charge in [0.1, 0.15) is 5.75 Å². The average molecular weight is 464 g/mol. The number of carbonyl (C=O) groups excluding carboxylic acids is 1. The lowest BCUT2D eigenvalue weighted by atomic mass is 9.79. The Morgan fingerprint density at radius 3 is 2.17 bits per heavy atom. The molecule has 1 fully saturated rings. The van der Waals surface area contributed by atoms with Crippen LogP contribution in [-0.4, -0.2) is 16.7 Å². The van der Waals surface area contributed by atoms with Crippen LogP contribution in [0.5, 0.6) is 5.75 Å². The van der Waals surface area contributed by atoms with Crippen LogP contribution >= 0.6 is 0 Å². The van der Waals surface area contributed by atoms with Crippen LogP contribution < -0.4 is 10.7 Å². The van der Waals surface area contributed by atoms with Crippen molar-refractivity contribution < 1.29 is 9.90 Å². The summed E-state index contributed by atoms with van der Waals surface area (Å²) in [4.78, 5) is 13.1. The zero-order valence-electron chi connectivity index (χ0n) is 19.7. The average Bonchev–Trinajstić information content (AvgIpc) is 2.91. The van der Waals surface area contributed by atoms with Crippen LogP contribution in [0.15, 0.2) is 102 Å². The summed E-state index contributed by atoms with van der Waals surface area (Å²) >= 11 is 0. The maximum Gasteiger partial charge on any atom is 0.275 e. The van der Waals surface area contributed by atoms with Crippen molar-refractivity contribution in [2.75, 3.05) is 0 Å². The molecule has 1 saturated heterocycles. The molecule has 3 N–H and O–H groups in total. The second kappa shape index (κ2) is 10.1. The molecule has 4 aromatic carbocycles. The van der Waals surface area contributed by atoms with Gasteiger partial charge in [0, 0.05) is 30.1 Å². The lowest BCUT2D eigenvalue weighted by molar-refractivity contribution is 0.0951. The summed E-state index contributed by atoms with van der Waals surface area (Å²) in [5.74, 6) is -0.340. The van der Waals surface area contributed by atoms with Gasteiger partial charge in [-0.1, -0.05) is 91.9 Å². The van der Waals surface area contributed by atoms with E-state index in [4.69, 9.17) is 0 Å². The molecule has 0 radical (unpaired) electrons. The van der Waals surface area contributed by atoms with Crippen LogP contribution in [0.1, 0.15) is 53.3 Å². The Kier molecular flexibility index (Phi) is 6.59. The van der Waals surface area contributed by atoms with Gasteiger partial charge in [-0.25, -0.2) is 5.43 Å². The van der Waals surface area contributed by atoms with Gasteiger partial charge < -0.3 is 10.4 Å². The Bertz CT molecular complexity index is 1350. The minimum atomic E-state index is -0.415. The number of piperidine rings is 1. The maximum atomic E-state index is 13.1. The summed E-state index contributed by atoms with van der Waals surface area (Å²) in [7, 11) is 0. The number of nitrogens with one attached hydrogen (secondary N) is 2. The molecule has 176 valence electrons. The second-order valence-corrected chi connectivity index (χ2v) is 9.00. The molecule has 4 aromatic rings. The number of benzene rings is 4. The molecule has 0 spiro atoms. The topological polar surface area (TPSA) is 73.7 Å². The third-order valence-electron chi connectivity index (χ3n) is 6.83. The molecule has 1 heterocycles. The van der Waals surface area contributed by atoms with Gasteiger partial charge in [-0.05, 0) is 40.5 Å². The van der Waals surface area contributed by atoms with Gasteiger partial charge in [-0.15, -0.1) is 0 Å². The zero-order chi connectivity index (χ0) is 24.2. The number of carbonyl (C=O) groups is 1. The standard InChI is InChI=1S/C30H29N3O2/c1-2-24-27(32-33-30(35)25-17-22-15-9-10-16-23(22)18-28(25)34)19-26(20-11-5-3-6-12-20)31-29(24)21-13-7-4-8-14-21/h3-18,24,26,29,31,34H,2,19H2,1H3,(H,33,35)/b32-27+/t24-,26?,29?/m0/s1. The van der Waals surface area contributed by atoms with Gasteiger partial charge in [0.2, 0.25) is 0 Å². The SMILES string of the molecule is CC[C@H]1/C(=N/NC(=O)c2cc3ccccc3cc2O)CC(c2ccccc2)NC1c1ccccc1. The number of phenolic OH excluding ortho intramolecular Hbond substituents is 1. The quantitative estimate of drug-likeness (QED) is 0.312. The van der Waals surface area contributed by atoms with Gasteiger partial charge in [0.15, 0.2) is 0 Å². The van der Waals surface area contributed by atoms with Crippen molar-refractivity contribution in [3.05, 3.63) is 114 Å². The van der Waals surface area contributed by atoms with Crippen molar-refractivity contribution in [3.63, 3.8) is 0 Å². The predicted octanol–water partition coefficient (Wildman–Crippen LogP) is 6.13. The number of nitrogens with zero attached hydrogens (tertiary/aromatic N) is 1. The molecule has 5 heteroatoms. The first-order valence-electron chi connectivity index (χ1n) is 12.1. The van der Waals surface area contributed by atoms with Crippen LogP contribution in [0.25, 0.3) is 10.8 Å². The number of amides is 1. The Morgan fingerprint density at radius 2 is 1.51 bits per heavy atom. The molecule has 1 aliphatic heterocycles. The molecular weight excluding hydrogens is 434 g/mol. The number of hydrogen-bond acceptors (Lipinski definition) is 4. The van der Waals surface area contributed by atoms with Gasteiger partial charge in [-0.2, -0.15) is 5.10 Å². The van der Waals surface area contributed by atoms with Gasteiger partial charge in [0.05, 0.1) is 5.56 Å². The minimum Gasteiger partial charge on any atom is -0.507 e. The summed E-state index contributed by atoms with van der Waals surface area (Å²) < 4.78 is 0. The van der Waals surface area contributed by atoms with Gasteiger partial charge in [0.25, 0.3) is 5.91 Å². The molecule has 5 nitrogen and oxygen atoms in total. The molecule has 1 aliphatic rings. The maximum absolute atomic E-state index is 13.1. The molecule has 0 bridgehead atoms. The highest BCUT2D eigenvalue weighted by molar-refractivity contribution is 6.02. The Hall–Kier alpha value is -3.96. The largest absolute Gasteiger partial charge is 0.507 e. The van der Waals surface area contributed by atoms with E-state index in [1.54, 1.807) is 12.1 Å². The van der Waals surface area contributed by atoms with E-state index in [1.165, 1.54) is 11.1 Å². The molecule has 3 atom stereocenters. The molecular formula is C30H29N3O2. The molecule has 35 heavy (non-hydrogen) atoms. The van der Waals surface area contributed by atoms with Crippen molar-refractivity contribution in [2.45, 2.75) is 31.8 Å². The molecule has 5 rings (SSSR count). The highest BCUT2D eigenvalue weighted by atomic mass is 16.3. The van der Waals surface area contributed by atoms with E-state index in [9.17, 15) is 9.90 Å². The van der Waals surface area contributed by atoms with Gasteiger partial charge >= 0.3 is 0 Å².